The van der Waals surface area contributed by atoms with E-state index in [4.69, 9.17) is 9.16 Å². The molecule has 1 aliphatic heterocycles. The zero-order chi connectivity index (χ0) is 29.2. The zero-order valence-corrected chi connectivity index (χ0v) is 27.1. The fourth-order valence-electron chi connectivity index (χ4n) is 4.78. The molecule has 0 saturated carbocycles. The SMILES string of the molecule is CC(=O)OC(CC[C@H]1C(=O)N(c2ccc(I)cc2)[C@@H]1c1ccc(O[Si](C)(C)C(C)(C)C)cc1)c1ccc(F)cc1. The van der Waals surface area contributed by atoms with Crippen molar-refractivity contribution < 1.29 is 23.1 Å². The molecule has 1 fully saturated rings. The lowest BCUT2D eigenvalue weighted by molar-refractivity contribution is -0.147. The summed E-state index contributed by atoms with van der Waals surface area (Å²) < 4.78 is 26.7. The predicted octanol–water partition coefficient (Wildman–Crippen LogP) is 8.60. The minimum Gasteiger partial charge on any atom is -0.544 e. The number of benzene rings is 3. The van der Waals surface area contributed by atoms with Crippen LogP contribution in [0.1, 0.15) is 63.8 Å². The number of anilines is 1. The third-order valence-electron chi connectivity index (χ3n) is 8.01. The van der Waals surface area contributed by atoms with Gasteiger partial charge in [0.2, 0.25) is 14.2 Å². The maximum Gasteiger partial charge on any atom is 0.303 e. The molecule has 0 N–H and O–H groups in total. The number of rotatable bonds is 9. The molecule has 0 aliphatic carbocycles. The molecule has 0 bridgehead atoms. The molecule has 3 atom stereocenters. The van der Waals surface area contributed by atoms with E-state index in [9.17, 15) is 14.0 Å². The smallest absolute Gasteiger partial charge is 0.303 e. The molecule has 1 unspecified atom stereocenters. The molecule has 40 heavy (non-hydrogen) atoms. The summed E-state index contributed by atoms with van der Waals surface area (Å²) in [4.78, 5) is 27.3. The Morgan fingerprint density at radius 3 is 2.15 bits per heavy atom. The minimum absolute atomic E-state index is 0.0356. The van der Waals surface area contributed by atoms with Gasteiger partial charge in [0.15, 0.2) is 0 Å². The van der Waals surface area contributed by atoms with E-state index in [1.165, 1.54) is 19.1 Å². The highest BCUT2D eigenvalue weighted by Crippen LogP contribution is 2.47. The average molecular weight is 674 g/mol. The van der Waals surface area contributed by atoms with Crippen molar-refractivity contribution in [1.29, 1.82) is 0 Å². The van der Waals surface area contributed by atoms with Crippen molar-refractivity contribution in [1.82, 2.24) is 0 Å². The van der Waals surface area contributed by atoms with E-state index in [2.05, 4.69) is 68.6 Å². The number of hydrogen-bond donors (Lipinski definition) is 0. The molecule has 0 radical (unpaired) electrons. The molecule has 3 aromatic rings. The lowest BCUT2D eigenvalue weighted by Gasteiger charge is -2.48. The van der Waals surface area contributed by atoms with Gasteiger partial charge >= 0.3 is 5.97 Å². The maximum atomic E-state index is 13.6. The summed E-state index contributed by atoms with van der Waals surface area (Å²) in [5.41, 5.74) is 2.58. The quantitative estimate of drug-likeness (QED) is 0.0989. The normalized spacial score (nSPS) is 18.2. The van der Waals surface area contributed by atoms with Gasteiger partial charge in [0, 0.05) is 16.2 Å². The largest absolute Gasteiger partial charge is 0.544 e. The number of amides is 1. The molecule has 5 nitrogen and oxygen atoms in total. The Morgan fingerprint density at radius 2 is 1.60 bits per heavy atom. The summed E-state index contributed by atoms with van der Waals surface area (Å²) in [6.07, 6.45) is 0.409. The second kappa shape index (κ2) is 12.0. The van der Waals surface area contributed by atoms with E-state index in [-0.39, 0.29) is 28.7 Å². The lowest BCUT2D eigenvalue weighted by atomic mass is 9.78. The Bertz CT molecular complexity index is 1340. The van der Waals surface area contributed by atoms with Gasteiger partial charge in [0.1, 0.15) is 17.7 Å². The van der Waals surface area contributed by atoms with Crippen molar-refractivity contribution in [3.8, 4) is 5.75 Å². The van der Waals surface area contributed by atoms with E-state index < -0.39 is 20.4 Å². The number of hydrogen-bond acceptors (Lipinski definition) is 4. The van der Waals surface area contributed by atoms with Crippen LogP contribution in [0, 0.1) is 15.3 Å². The van der Waals surface area contributed by atoms with Crippen LogP contribution in [0.15, 0.2) is 72.8 Å². The van der Waals surface area contributed by atoms with E-state index in [0.717, 1.165) is 20.6 Å². The van der Waals surface area contributed by atoms with Gasteiger partial charge in [-0.05, 0) is 113 Å². The van der Waals surface area contributed by atoms with E-state index >= 15 is 0 Å². The molecule has 1 saturated heterocycles. The summed E-state index contributed by atoms with van der Waals surface area (Å²) in [6, 6.07) is 21.8. The van der Waals surface area contributed by atoms with Crippen LogP contribution < -0.4 is 9.33 Å². The van der Waals surface area contributed by atoms with E-state index in [1.54, 1.807) is 12.1 Å². The number of β-lactam (4-membered cyclic amide) rings is 1. The predicted molar refractivity (Wildman–Crippen MR) is 167 cm³/mol. The lowest BCUT2D eigenvalue weighted by Crippen LogP contribution is -2.55. The Kier molecular flexibility index (Phi) is 9.09. The summed E-state index contributed by atoms with van der Waals surface area (Å²) in [5, 5.41) is 0.0851. The second-order valence-electron chi connectivity index (χ2n) is 11.9. The molecule has 1 heterocycles. The van der Waals surface area contributed by atoms with Gasteiger partial charge in [-0.3, -0.25) is 9.59 Å². The highest BCUT2D eigenvalue weighted by molar-refractivity contribution is 14.1. The number of nitrogens with zero attached hydrogens (tertiary/aromatic N) is 1. The third-order valence-corrected chi connectivity index (χ3v) is 13.1. The molecule has 1 aliphatic rings. The molecular formula is C32H37FINO4Si. The van der Waals surface area contributed by atoms with Crippen LogP contribution in [0.3, 0.4) is 0 Å². The Morgan fingerprint density at radius 1 is 1.00 bits per heavy atom. The highest BCUT2D eigenvalue weighted by atomic mass is 127. The van der Waals surface area contributed by atoms with Gasteiger partial charge in [-0.1, -0.05) is 45.0 Å². The zero-order valence-electron chi connectivity index (χ0n) is 23.9. The highest BCUT2D eigenvalue weighted by Gasteiger charge is 2.48. The molecule has 212 valence electrons. The van der Waals surface area contributed by atoms with Gasteiger partial charge in [-0.2, -0.15) is 0 Å². The minimum atomic E-state index is -1.99. The van der Waals surface area contributed by atoms with Crippen LogP contribution in [0.5, 0.6) is 5.75 Å². The van der Waals surface area contributed by atoms with E-state index in [1.807, 2.05) is 41.3 Å². The van der Waals surface area contributed by atoms with Crippen LogP contribution in [-0.2, 0) is 14.3 Å². The topological polar surface area (TPSA) is 55.8 Å². The summed E-state index contributed by atoms with van der Waals surface area (Å²) in [6.45, 7) is 12.4. The van der Waals surface area contributed by atoms with E-state index in [0.29, 0.717) is 18.4 Å². The number of halogens is 2. The summed E-state index contributed by atoms with van der Waals surface area (Å²) in [5.74, 6) is -0.180. The van der Waals surface area contributed by atoms with Crippen LogP contribution in [0.25, 0.3) is 0 Å². The fraction of sp³-hybridized carbons (Fsp3) is 0.375. The number of esters is 1. The molecule has 0 spiro atoms. The molecule has 1 amide bonds. The van der Waals surface area contributed by atoms with Gasteiger partial charge in [-0.25, -0.2) is 4.39 Å². The second-order valence-corrected chi connectivity index (χ2v) is 17.9. The molecule has 0 aromatic heterocycles. The fourth-order valence-corrected chi connectivity index (χ4v) is 6.18. The van der Waals surface area contributed by atoms with Gasteiger partial charge < -0.3 is 14.1 Å². The van der Waals surface area contributed by atoms with Crippen molar-refractivity contribution in [3.63, 3.8) is 0 Å². The number of ether oxygens (including phenoxy) is 1. The van der Waals surface area contributed by atoms with Crippen LogP contribution in [-0.4, -0.2) is 20.2 Å². The number of carbonyl (C=O) groups excluding carboxylic acids is 2. The van der Waals surface area contributed by atoms with Crippen molar-refractivity contribution in [3.05, 3.63) is 93.3 Å². The molecule has 4 rings (SSSR count). The summed E-state index contributed by atoms with van der Waals surface area (Å²) >= 11 is 2.25. The Balaban J connectivity index is 1.59. The first-order chi connectivity index (χ1) is 18.8. The van der Waals surface area contributed by atoms with Gasteiger partial charge in [-0.15, -0.1) is 0 Å². The van der Waals surface area contributed by atoms with Crippen molar-refractivity contribution in [2.75, 3.05) is 4.90 Å². The monoisotopic (exact) mass is 673 g/mol. The summed E-state index contributed by atoms with van der Waals surface area (Å²) in [7, 11) is -1.99. The van der Waals surface area contributed by atoms with Crippen LogP contribution in [0.2, 0.25) is 18.1 Å². The Labute approximate surface area is 251 Å². The standard InChI is InChI=1S/C32H37FINO4Si/c1-21(36)38-29(22-7-11-24(33)12-8-22)20-19-28-30(35(31(28)37)26-15-13-25(34)14-16-26)23-9-17-27(18-10-23)39-40(5,6)32(2,3)4/h7-18,28-30H,19-20H2,1-6H3/t28-,29?,30-/m1/s1. The van der Waals surface area contributed by atoms with Crippen LogP contribution in [0.4, 0.5) is 10.1 Å². The van der Waals surface area contributed by atoms with Crippen molar-refractivity contribution in [2.45, 2.75) is 70.8 Å². The number of carbonyl (C=O) groups is 2. The maximum absolute atomic E-state index is 13.6. The molecule has 3 aromatic carbocycles. The third kappa shape index (κ3) is 6.76. The Hall–Kier alpha value is -2.72. The molecule has 8 heteroatoms. The van der Waals surface area contributed by atoms with Crippen molar-refractivity contribution >= 4 is 48.5 Å². The average Bonchev–Trinajstić information content (AvgIpc) is 2.88. The van der Waals surface area contributed by atoms with Crippen molar-refractivity contribution in [2.24, 2.45) is 5.92 Å². The first-order valence-electron chi connectivity index (χ1n) is 13.6. The van der Waals surface area contributed by atoms with Gasteiger partial charge in [0.05, 0.1) is 12.0 Å². The first kappa shape index (κ1) is 30.2. The molecular weight excluding hydrogens is 636 g/mol. The first-order valence-corrected chi connectivity index (χ1v) is 17.6. The van der Waals surface area contributed by atoms with Crippen LogP contribution >= 0.6 is 22.6 Å². The van der Waals surface area contributed by atoms with Gasteiger partial charge in [0.25, 0.3) is 0 Å².